The molecule has 5 heteroatoms. The third kappa shape index (κ3) is 4.36. The molecule has 0 fully saturated rings. The van der Waals surface area contributed by atoms with Crippen LogP contribution < -0.4 is 4.90 Å². The number of phenolic OH excluding ortho intramolecular Hbond substituents is 1. The highest BCUT2D eigenvalue weighted by molar-refractivity contribution is 5.92. The van der Waals surface area contributed by atoms with Gasteiger partial charge >= 0.3 is 0 Å². The van der Waals surface area contributed by atoms with Crippen LogP contribution in [0.15, 0.2) is 72.9 Å². The number of rotatable bonds is 5. The highest BCUT2D eigenvalue weighted by atomic mass is 16.3. The summed E-state index contributed by atoms with van der Waals surface area (Å²) in [5, 5.41) is 10.7. The van der Waals surface area contributed by atoms with E-state index in [1.165, 1.54) is 0 Å². The van der Waals surface area contributed by atoms with Crippen LogP contribution >= 0.6 is 0 Å². The normalized spacial score (nSPS) is 11.3. The number of carbonyl (C=O) groups is 1. The number of allylic oxidation sites excluding steroid dienone is 1. The molecular formula is C26H25N3O2. The van der Waals surface area contributed by atoms with Gasteiger partial charge in [-0.15, -0.1) is 0 Å². The number of nitrogens with zero attached hydrogens (tertiary/aromatic N) is 3. The molecule has 1 amide bonds. The van der Waals surface area contributed by atoms with Gasteiger partial charge in [-0.25, -0.2) is 0 Å². The predicted octanol–water partition coefficient (Wildman–Crippen LogP) is 5.18. The Morgan fingerprint density at radius 3 is 2.71 bits per heavy atom. The lowest BCUT2D eigenvalue weighted by atomic mass is 10.1. The first-order valence-electron chi connectivity index (χ1n) is 10.2. The second-order valence-corrected chi connectivity index (χ2v) is 7.66. The van der Waals surface area contributed by atoms with E-state index in [0.29, 0.717) is 0 Å². The summed E-state index contributed by atoms with van der Waals surface area (Å²) in [4.78, 5) is 17.9. The maximum atomic E-state index is 11.7. The zero-order chi connectivity index (χ0) is 22.0. The van der Waals surface area contributed by atoms with E-state index in [2.05, 4.69) is 27.8 Å². The van der Waals surface area contributed by atoms with Gasteiger partial charge in [-0.3, -0.25) is 9.78 Å². The number of hydrogen-bond acceptors (Lipinski definition) is 3. The maximum absolute atomic E-state index is 11.7. The molecule has 2 aromatic heterocycles. The van der Waals surface area contributed by atoms with Gasteiger partial charge in [0.05, 0.1) is 11.2 Å². The zero-order valence-electron chi connectivity index (χ0n) is 17.9. The Morgan fingerprint density at radius 1 is 1.13 bits per heavy atom. The molecule has 0 spiro atoms. The number of carbonyl (C=O) groups excluding carboxylic acids is 1. The highest BCUT2D eigenvalue weighted by Gasteiger charge is 2.11. The molecule has 0 aliphatic carbocycles. The van der Waals surface area contributed by atoms with E-state index in [1.807, 2.05) is 55.7 Å². The number of phenols is 1. The van der Waals surface area contributed by atoms with Crippen LogP contribution in [0.3, 0.4) is 0 Å². The van der Waals surface area contributed by atoms with Crippen LogP contribution in [-0.4, -0.2) is 27.6 Å². The number of aryl methyl sites for hydroxylation is 1. The molecule has 2 heterocycles. The number of aromatic nitrogens is 2. The Bertz CT molecular complexity index is 1290. The minimum Gasteiger partial charge on any atom is -0.508 e. The van der Waals surface area contributed by atoms with Crippen molar-refractivity contribution in [2.75, 3.05) is 11.9 Å². The molecule has 31 heavy (non-hydrogen) atoms. The Morgan fingerprint density at radius 2 is 1.94 bits per heavy atom. The van der Waals surface area contributed by atoms with Crippen molar-refractivity contribution in [2.45, 2.75) is 13.3 Å². The minimum absolute atomic E-state index is 0.000497. The Balaban J connectivity index is 1.62. The van der Waals surface area contributed by atoms with Crippen LogP contribution in [0.4, 0.5) is 5.69 Å². The molecule has 0 bridgehead atoms. The van der Waals surface area contributed by atoms with Crippen molar-refractivity contribution in [3.8, 4) is 17.0 Å². The van der Waals surface area contributed by atoms with Crippen LogP contribution in [0.1, 0.15) is 18.2 Å². The van der Waals surface area contributed by atoms with E-state index in [-0.39, 0.29) is 11.7 Å². The van der Waals surface area contributed by atoms with Gasteiger partial charge in [0, 0.05) is 49.5 Å². The molecule has 2 aromatic carbocycles. The second-order valence-electron chi connectivity index (χ2n) is 7.66. The lowest BCUT2D eigenvalue weighted by Crippen LogP contribution is -2.22. The van der Waals surface area contributed by atoms with Gasteiger partial charge in [-0.1, -0.05) is 30.3 Å². The van der Waals surface area contributed by atoms with Crippen LogP contribution in [0.5, 0.6) is 5.75 Å². The van der Waals surface area contributed by atoms with Gasteiger partial charge in [-0.2, -0.15) is 0 Å². The molecule has 0 aliphatic heterocycles. The molecule has 0 saturated heterocycles. The van der Waals surface area contributed by atoms with E-state index >= 15 is 0 Å². The number of aromatic hydroxyl groups is 1. The van der Waals surface area contributed by atoms with Crippen LogP contribution in [0, 0.1) is 0 Å². The SMILES string of the molecule is CC(=O)N(C)c1cccc(-c2cc3cnc(C=CCc4cccc(O)c4)cc3n2C)c1. The fourth-order valence-corrected chi connectivity index (χ4v) is 3.67. The van der Waals surface area contributed by atoms with Crippen LogP contribution in [0.2, 0.25) is 0 Å². The number of fused-ring (bicyclic) bond motifs is 1. The molecule has 0 aliphatic rings. The minimum atomic E-state index is 0.000497. The molecule has 4 aromatic rings. The average molecular weight is 412 g/mol. The fourth-order valence-electron chi connectivity index (χ4n) is 3.67. The lowest BCUT2D eigenvalue weighted by molar-refractivity contribution is -0.116. The second kappa shape index (κ2) is 8.48. The number of anilines is 1. The smallest absolute Gasteiger partial charge is 0.223 e. The van der Waals surface area contributed by atoms with Gasteiger partial charge in [0.2, 0.25) is 5.91 Å². The fraction of sp³-hybridized carbons (Fsp3) is 0.154. The van der Waals surface area contributed by atoms with Gasteiger partial charge in [-0.05, 0) is 54.5 Å². The van der Waals surface area contributed by atoms with Crippen molar-refractivity contribution in [1.29, 1.82) is 0 Å². The number of benzene rings is 2. The van der Waals surface area contributed by atoms with Crippen molar-refractivity contribution in [1.82, 2.24) is 9.55 Å². The molecule has 0 radical (unpaired) electrons. The average Bonchev–Trinajstić information content (AvgIpc) is 3.09. The van der Waals surface area contributed by atoms with E-state index in [9.17, 15) is 9.90 Å². The summed E-state index contributed by atoms with van der Waals surface area (Å²) in [5.41, 5.74) is 6.00. The molecule has 1 N–H and O–H groups in total. The molecular weight excluding hydrogens is 386 g/mol. The molecule has 0 unspecified atom stereocenters. The summed E-state index contributed by atoms with van der Waals surface area (Å²) < 4.78 is 2.15. The quantitative estimate of drug-likeness (QED) is 0.492. The largest absolute Gasteiger partial charge is 0.508 e. The van der Waals surface area contributed by atoms with Crippen molar-refractivity contribution in [2.24, 2.45) is 7.05 Å². The number of pyridine rings is 1. The van der Waals surface area contributed by atoms with Gasteiger partial charge in [0.1, 0.15) is 5.75 Å². The number of amides is 1. The molecule has 156 valence electrons. The van der Waals surface area contributed by atoms with Crippen LogP contribution in [-0.2, 0) is 18.3 Å². The first-order chi connectivity index (χ1) is 14.9. The van der Waals surface area contributed by atoms with Crippen molar-refractivity contribution in [3.63, 3.8) is 0 Å². The van der Waals surface area contributed by atoms with E-state index in [0.717, 1.165) is 45.5 Å². The van der Waals surface area contributed by atoms with E-state index < -0.39 is 0 Å². The Hall–Kier alpha value is -3.86. The summed E-state index contributed by atoms with van der Waals surface area (Å²) in [6.45, 7) is 1.56. The standard InChI is InChI=1S/C26H25N3O2/c1-18(30)28(2)23-11-6-9-20(14-23)25-15-21-17-27-22(16-26(21)29(25)3)10-4-7-19-8-5-12-24(31)13-19/h4-6,8-17,31H,7H2,1-3H3. The van der Waals surface area contributed by atoms with E-state index in [1.54, 1.807) is 31.0 Å². The van der Waals surface area contributed by atoms with Crippen LogP contribution in [0.25, 0.3) is 28.2 Å². The summed E-state index contributed by atoms with van der Waals surface area (Å²) in [6.07, 6.45) is 6.66. The third-order valence-electron chi connectivity index (χ3n) is 5.50. The maximum Gasteiger partial charge on any atom is 0.223 e. The zero-order valence-corrected chi connectivity index (χ0v) is 17.9. The van der Waals surface area contributed by atoms with Gasteiger partial charge < -0.3 is 14.6 Å². The molecule has 5 nitrogen and oxygen atoms in total. The van der Waals surface area contributed by atoms with Gasteiger partial charge in [0.25, 0.3) is 0 Å². The number of hydrogen-bond donors (Lipinski definition) is 1. The summed E-state index contributed by atoms with van der Waals surface area (Å²) in [6, 6.07) is 19.4. The third-order valence-corrected chi connectivity index (χ3v) is 5.50. The summed E-state index contributed by atoms with van der Waals surface area (Å²) in [7, 11) is 3.82. The van der Waals surface area contributed by atoms with Crippen molar-refractivity contribution in [3.05, 3.63) is 84.2 Å². The van der Waals surface area contributed by atoms with Crippen molar-refractivity contribution >= 4 is 28.6 Å². The monoisotopic (exact) mass is 411 g/mol. The van der Waals surface area contributed by atoms with Crippen molar-refractivity contribution < 1.29 is 9.90 Å². The van der Waals surface area contributed by atoms with E-state index in [4.69, 9.17) is 0 Å². The molecule has 0 saturated carbocycles. The summed E-state index contributed by atoms with van der Waals surface area (Å²) in [5.74, 6) is 0.279. The first-order valence-corrected chi connectivity index (χ1v) is 10.2. The highest BCUT2D eigenvalue weighted by Crippen LogP contribution is 2.30. The topological polar surface area (TPSA) is 58.4 Å². The molecule has 4 rings (SSSR count). The molecule has 0 atom stereocenters. The predicted molar refractivity (Wildman–Crippen MR) is 126 cm³/mol. The lowest BCUT2D eigenvalue weighted by Gasteiger charge is -2.16. The first kappa shape index (κ1) is 20.4. The Kier molecular flexibility index (Phi) is 5.58. The van der Waals surface area contributed by atoms with Gasteiger partial charge in [0.15, 0.2) is 0 Å². The Labute approximate surface area is 181 Å². The summed E-state index contributed by atoms with van der Waals surface area (Å²) >= 11 is 0.